The van der Waals surface area contributed by atoms with Crippen molar-refractivity contribution in [2.75, 3.05) is 11.9 Å². The number of rotatable bonds is 5. The highest BCUT2D eigenvalue weighted by Gasteiger charge is 2.15. The molecule has 0 aliphatic carbocycles. The van der Waals surface area contributed by atoms with Gasteiger partial charge in [0, 0.05) is 23.9 Å². The summed E-state index contributed by atoms with van der Waals surface area (Å²) in [5.74, 6) is 2.15. The SMILES string of the molecule is CCCNc1nc(-c2cc(Br)c(Br)o2)nc(CC)c1C. The highest BCUT2D eigenvalue weighted by atomic mass is 79.9. The van der Waals surface area contributed by atoms with Gasteiger partial charge in [-0.25, -0.2) is 9.97 Å². The molecular weight excluding hydrogens is 386 g/mol. The van der Waals surface area contributed by atoms with Crippen LogP contribution in [-0.2, 0) is 6.42 Å². The van der Waals surface area contributed by atoms with E-state index in [2.05, 4.69) is 67.9 Å². The molecule has 0 aromatic carbocycles. The topological polar surface area (TPSA) is 51.0 Å². The van der Waals surface area contributed by atoms with Crippen LogP contribution < -0.4 is 5.32 Å². The molecule has 0 aliphatic rings. The van der Waals surface area contributed by atoms with Crippen molar-refractivity contribution in [3.63, 3.8) is 0 Å². The monoisotopic (exact) mass is 401 g/mol. The van der Waals surface area contributed by atoms with Crippen molar-refractivity contribution in [3.05, 3.63) is 26.5 Å². The molecule has 0 amide bonds. The molecule has 0 unspecified atom stereocenters. The number of hydrogen-bond acceptors (Lipinski definition) is 4. The lowest BCUT2D eigenvalue weighted by Crippen LogP contribution is -2.08. The van der Waals surface area contributed by atoms with Crippen LogP contribution in [0, 0.1) is 6.92 Å². The van der Waals surface area contributed by atoms with Crippen molar-refractivity contribution in [3.8, 4) is 11.6 Å². The summed E-state index contributed by atoms with van der Waals surface area (Å²) < 4.78 is 7.13. The number of anilines is 1. The lowest BCUT2D eigenvalue weighted by molar-refractivity contribution is 0.549. The van der Waals surface area contributed by atoms with E-state index in [4.69, 9.17) is 4.42 Å². The van der Waals surface area contributed by atoms with E-state index in [9.17, 15) is 0 Å². The van der Waals surface area contributed by atoms with Crippen LogP contribution >= 0.6 is 31.9 Å². The molecule has 2 heterocycles. The van der Waals surface area contributed by atoms with Crippen LogP contribution in [0.25, 0.3) is 11.6 Å². The summed E-state index contributed by atoms with van der Waals surface area (Å²) in [5.41, 5.74) is 2.15. The molecule has 0 spiro atoms. The van der Waals surface area contributed by atoms with Gasteiger partial charge in [-0.15, -0.1) is 0 Å². The van der Waals surface area contributed by atoms with Gasteiger partial charge in [-0.3, -0.25) is 0 Å². The Morgan fingerprint density at radius 1 is 1.25 bits per heavy atom. The second kappa shape index (κ2) is 6.72. The van der Waals surface area contributed by atoms with Gasteiger partial charge in [-0.05, 0) is 51.6 Å². The Balaban J connectivity index is 2.47. The Kier molecular flexibility index (Phi) is 5.21. The average molecular weight is 403 g/mol. The predicted octanol–water partition coefficient (Wildman–Crippen LogP) is 4.95. The van der Waals surface area contributed by atoms with E-state index in [0.717, 1.165) is 40.9 Å². The number of aromatic nitrogens is 2. The molecular formula is C14H17Br2N3O. The maximum atomic E-state index is 5.62. The molecule has 0 bridgehead atoms. The summed E-state index contributed by atoms with van der Waals surface area (Å²) >= 11 is 6.75. The highest BCUT2D eigenvalue weighted by Crippen LogP contribution is 2.32. The van der Waals surface area contributed by atoms with Crippen LogP contribution in [0.15, 0.2) is 19.6 Å². The fraction of sp³-hybridized carbons (Fsp3) is 0.429. The molecule has 6 heteroatoms. The predicted molar refractivity (Wildman–Crippen MR) is 88.0 cm³/mol. The Labute approximate surface area is 135 Å². The van der Waals surface area contributed by atoms with Gasteiger partial charge < -0.3 is 9.73 Å². The molecule has 0 fully saturated rings. The first-order chi connectivity index (χ1) is 9.56. The lowest BCUT2D eigenvalue weighted by atomic mass is 10.2. The van der Waals surface area contributed by atoms with Gasteiger partial charge in [0.25, 0.3) is 0 Å². The fourth-order valence-corrected chi connectivity index (χ4v) is 2.47. The van der Waals surface area contributed by atoms with Crippen molar-refractivity contribution in [2.45, 2.75) is 33.6 Å². The molecule has 2 rings (SSSR count). The minimum atomic E-state index is 0.609. The number of nitrogens with zero attached hydrogens (tertiary/aromatic N) is 2. The van der Waals surface area contributed by atoms with Crippen LogP contribution in [0.2, 0.25) is 0 Å². The Morgan fingerprint density at radius 2 is 2.00 bits per heavy atom. The largest absolute Gasteiger partial charge is 0.445 e. The van der Waals surface area contributed by atoms with Crippen molar-refractivity contribution in [1.82, 2.24) is 9.97 Å². The minimum Gasteiger partial charge on any atom is -0.445 e. The van der Waals surface area contributed by atoms with Gasteiger partial charge in [0.15, 0.2) is 16.3 Å². The van der Waals surface area contributed by atoms with Gasteiger partial charge in [0.05, 0.1) is 4.47 Å². The molecule has 0 radical (unpaired) electrons. The van der Waals surface area contributed by atoms with Gasteiger partial charge in [0.1, 0.15) is 5.82 Å². The number of nitrogens with one attached hydrogen (secondary N) is 1. The van der Waals surface area contributed by atoms with Gasteiger partial charge in [-0.1, -0.05) is 13.8 Å². The molecule has 4 nitrogen and oxygen atoms in total. The summed E-state index contributed by atoms with van der Waals surface area (Å²) in [5, 5.41) is 3.35. The fourth-order valence-electron chi connectivity index (χ4n) is 1.89. The summed E-state index contributed by atoms with van der Waals surface area (Å²) in [7, 11) is 0. The summed E-state index contributed by atoms with van der Waals surface area (Å²) in [6, 6.07) is 1.87. The quantitative estimate of drug-likeness (QED) is 0.768. The van der Waals surface area contributed by atoms with Crippen molar-refractivity contribution in [1.29, 1.82) is 0 Å². The molecule has 0 saturated heterocycles. The third kappa shape index (κ3) is 3.23. The Bertz CT molecular complexity index is 591. The number of furan rings is 1. The van der Waals surface area contributed by atoms with Gasteiger partial charge in [0.2, 0.25) is 0 Å². The first-order valence-electron chi connectivity index (χ1n) is 6.63. The molecule has 0 saturated carbocycles. The molecule has 1 N–H and O–H groups in total. The summed E-state index contributed by atoms with van der Waals surface area (Å²) in [4.78, 5) is 9.18. The zero-order chi connectivity index (χ0) is 14.7. The summed E-state index contributed by atoms with van der Waals surface area (Å²) in [6.45, 7) is 7.17. The maximum absolute atomic E-state index is 5.62. The molecule has 0 aliphatic heterocycles. The van der Waals surface area contributed by atoms with E-state index in [1.165, 1.54) is 0 Å². The smallest absolute Gasteiger partial charge is 0.197 e. The van der Waals surface area contributed by atoms with Gasteiger partial charge >= 0.3 is 0 Å². The highest BCUT2D eigenvalue weighted by molar-refractivity contribution is 9.13. The van der Waals surface area contributed by atoms with E-state index in [1.807, 2.05) is 6.07 Å². The van der Waals surface area contributed by atoms with Crippen LogP contribution in [0.5, 0.6) is 0 Å². The first-order valence-corrected chi connectivity index (χ1v) is 8.22. The normalized spacial score (nSPS) is 10.8. The lowest BCUT2D eigenvalue weighted by Gasteiger charge is -2.12. The van der Waals surface area contributed by atoms with Crippen LogP contribution in [0.3, 0.4) is 0 Å². The van der Waals surface area contributed by atoms with E-state index >= 15 is 0 Å². The van der Waals surface area contributed by atoms with E-state index in [0.29, 0.717) is 16.3 Å². The maximum Gasteiger partial charge on any atom is 0.197 e. The zero-order valence-corrected chi connectivity index (χ0v) is 14.9. The van der Waals surface area contributed by atoms with E-state index in [-0.39, 0.29) is 0 Å². The second-order valence-electron chi connectivity index (χ2n) is 4.48. The summed E-state index contributed by atoms with van der Waals surface area (Å²) in [6.07, 6.45) is 1.92. The number of aryl methyl sites for hydroxylation is 1. The Morgan fingerprint density at radius 3 is 2.55 bits per heavy atom. The van der Waals surface area contributed by atoms with Crippen LogP contribution in [0.1, 0.15) is 31.5 Å². The first kappa shape index (κ1) is 15.5. The van der Waals surface area contributed by atoms with E-state index < -0.39 is 0 Å². The third-order valence-corrected chi connectivity index (χ3v) is 4.70. The van der Waals surface area contributed by atoms with Crippen molar-refractivity contribution < 1.29 is 4.42 Å². The molecule has 2 aromatic heterocycles. The van der Waals surface area contributed by atoms with Gasteiger partial charge in [-0.2, -0.15) is 0 Å². The van der Waals surface area contributed by atoms with Crippen molar-refractivity contribution >= 4 is 37.7 Å². The zero-order valence-electron chi connectivity index (χ0n) is 11.8. The average Bonchev–Trinajstić information content (AvgIpc) is 2.77. The van der Waals surface area contributed by atoms with Crippen LogP contribution in [0.4, 0.5) is 5.82 Å². The molecule has 0 atom stereocenters. The molecule has 20 heavy (non-hydrogen) atoms. The number of halogens is 2. The van der Waals surface area contributed by atoms with Crippen molar-refractivity contribution in [2.24, 2.45) is 0 Å². The third-order valence-electron chi connectivity index (χ3n) is 2.99. The second-order valence-corrected chi connectivity index (χ2v) is 6.05. The Hall–Kier alpha value is -0.880. The standard InChI is InChI=1S/C14H17Br2N3O/c1-4-6-17-13-8(3)10(5-2)18-14(19-13)11-7-9(15)12(16)20-11/h7H,4-6H2,1-3H3,(H,17,18,19). The molecule has 108 valence electrons. The van der Waals surface area contributed by atoms with E-state index in [1.54, 1.807) is 0 Å². The van der Waals surface area contributed by atoms with Crippen LogP contribution in [-0.4, -0.2) is 16.5 Å². The number of hydrogen-bond donors (Lipinski definition) is 1. The molecule has 2 aromatic rings. The minimum absolute atomic E-state index is 0.609.